The first-order valence-electron chi connectivity index (χ1n) is 8.44. The lowest BCUT2D eigenvalue weighted by Crippen LogP contribution is -2.32. The Kier molecular flexibility index (Phi) is 6.57. The number of nitrogens with one attached hydrogen (secondary N) is 1. The van der Waals surface area contributed by atoms with Crippen molar-refractivity contribution in [1.29, 1.82) is 0 Å². The number of hydrogen-bond donors (Lipinski definition) is 2. The van der Waals surface area contributed by atoms with E-state index in [9.17, 15) is 18.0 Å². The first-order chi connectivity index (χ1) is 12.7. The van der Waals surface area contributed by atoms with Gasteiger partial charge in [-0.3, -0.25) is 14.3 Å². The average Bonchev–Trinajstić information content (AvgIpc) is 2.63. The molecule has 0 spiro atoms. The van der Waals surface area contributed by atoms with Crippen molar-refractivity contribution in [2.24, 2.45) is 0 Å². The molecule has 0 aliphatic heterocycles. The molecule has 2 rings (SSSR count). The summed E-state index contributed by atoms with van der Waals surface area (Å²) in [5, 5.41) is 8.77. The van der Waals surface area contributed by atoms with Crippen molar-refractivity contribution < 1.29 is 23.1 Å². The van der Waals surface area contributed by atoms with Gasteiger partial charge in [0.05, 0.1) is 17.0 Å². The van der Waals surface area contributed by atoms with Crippen molar-refractivity contribution in [3.05, 3.63) is 59.7 Å². The third-order valence-corrected chi connectivity index (χ3v) is 5.45. The van der Waals surface area contributed by atoms with E-state index in [0.29, 0.717) is 17.8 Å². The van der Waals surface area contributed by atoms with Crippen molar-refractivity contribution in [3.8, 4) is 0 Å². The summed E-state index contributed by atoms with van der Waals surface area (Å²) < 4.78 is 27.6. The summed E-state index contributed by atoms with van der Waals surface area (Å²) in [4.78, 5) is 24.6. The minimum absolute atomic E-state index is 0.0379. The zero-order valence-electron chi connectivity index (χ0n) is 15.2. The van der Waals surface area contributed by atoms with Crippen LogP contribution >= 0.6 is 0 Å². The summed E-state index contributed by atoms with van der Waals surface area (Å²) in [6.45, 7) is 4.02. The minimum Gasteiger partial charge on any atom is -0.481 e. The second-order valence-electron chi connectivity index (χ2n) is 5.97. The third kappa shape index (κ3) is 5.30. The lowest BCUT2D eigenvalue weighted by Gasteiger charge is -2.20. The number of aryl methyl sites for hydroxylation is 1. The quantitative estimate of drug-likeness (QED) is 0.721. The van der Waals surface area contributed by atoms with E-state index in [-0.39, 0.29) is 23.8 Å². The Bertz CT molecular complexity index is 923. The van der Waals surface area contributed by atoms with Crippen LogP contribution in [0, 0.1) is 6.92 Å². The highest BCUT2D eigenvalue weighted by atomic mass is 32.2. The van der Waals surface area contributed by atoms with Gasteiger partial charge in [0.2, 0.25) is 0 Å². The fourth-order valence-corrected chi connectivity index (χ4v) is 3.61. The minimum atomic E-state index is -3.78. The van der Waals surface area contributed by atoms with Crippen molar-refractivity contribution in [2.75, 3.05) is 17.8 Å². The molecule has 2 aromatic rings. The molecule has 27 heavy (non-hydrogen) atoms. The Morgan fingerprint density at radius 3 is 2.26 bits per heavy atom. The van der Waals surface area contributed by atoms with Gasteiger partial charge in [-0.25, -0.2) is 8.42 Å². The number of anilines is 1. The molecular weight excluding hydrogens is 368 g/mol. The van der Waals surface area contributed by atoms with Gasteiger partial charge in [0.15, 0.2) is 0 Å². The summed E-state index contributed by atoms with van der Waals surface area (Å²) in [6, 6.07) is 12.6. The number of aliphatic carboxylic acids is 1. The highest BCUT2D eigenvalue weighted by Crippen LogP contribution is 2.20. The molecule has 144 valence electrons. The van der Waals surface area contributed by atoms with Crippen LogP contribution in [-0.4, -0.2) is 43.4 Å². The molecule has 0 radical (unpaired) electrons. The Balaban J connectivity index is 2.17. The average molecular weight is 390 g/mol. The molecule has 0 atom stereocenters. The molecule has 0 bridgehead atoms. The zero-order valence-corrected chi connectivity index (χ0v) is 16.0. The first kappa shape index (κ1) is 20.4. The van der Waals surface area contributed by atoms with E-state index in [1.807, 2.05) is 6.07 Å². The molecule has 0 fully saturated rings. The molecule has 0 unspecified atom stereocenters. The molecule has 1 amide bonds. The molecule has 2 aromatic carbocycles. The lowest BCUT2D eigenvalue weighted by atomic mass is 10.2. The number of benzene rings is 2. The molecule has 0 aliphatic rings. The van der Waals surface area contributed by atoms with Gasteiger partial charge in [0, 0.05) is 18.7 Å². The second-order valence-corrected chi connectivity index (χ2v) is 7.66. The number of rotatable bonds is 8. The van der Waals surface area contributed by atoms with Gasteiger partial charge in [-0.05, 0) is 49.7 Å². The van der Waals surface area contributed by atoms with Crippen LogP contribution < -0.4 is 4.72 Å². The number of carbonyl (C=O) groups excluding carboxylic acids is 1. The molecule has 0 saturated heterocycles. The number of amides is 1. The van der Waals surface area contributed by atoms with Gasteiger partial charge in [-0.15, -0.1) is 0 Å². The monoisotopic (exact) mass is 390 g/mol. The van der Waals surface area contributed by atoms with Crippen molar-refractivity contribution in [3.63, 3.8) is 0 Å². The normalized spacial score (nSPS) is 11.0. The van der Waals surface area contributed by atoms with E-state index in [4.69, 9.17) is 5.11 Å². The van der Waals surface area contributed by atoms with Crippen LogP contribution in [0.25, 0.3) is 0 Å². The number of nitrogens with zero attached hydrogens (tertiary/aromatic N) is 1. The van der Waals surface area contributed by atoms with Crippen LogP contribution in [0.3, 0.4) is 0 Å². The van der Waals surface area contributed by atoms with E-state index >= 15 is 0 Å². The number of carboxylic acids is 1. The van der Waals surface area contributed by atoms with E-state index in [0.717, 1.165) is 5.56 Å². The Labute approximate surface area is 158 Å². The van der Waals surface area contributed by atoms with Crippen LogP contribution in [0.1, 0.15) is 29.3 Å². The van der Waals surface area contributed by atoms with Crippen LogP contribution in [0.15, 0.2) is 53.4 Å². The molecule has 7 nitrogen and oxygen atoms in total. The van der Waals surface area contributed by atoms with E-state index in [1.54, 1.807) is 32.0 Å². The highest BCUT2D eigenvalue weighted by molar-refractivity contribution is 7.92. The third-order valence-electron chi connectivity index (χ3n) is 4.07. The maximum atomic E-state index is 12.5. The van der Waals surface area contributed by atoms with E-state index in [2.05, 4.69) is 4.72 Å². The number of carbonyl (C=O) groups is 2. The van der Waals surface area contributed by atoms with Crippen molar-refractivity contribution in [1.82, 2.24) is 4.90 Å². The Hall–Kier alpha value is -2.87. The summed E-state index contributed by atoms with van der Waals surface area (Å²) >= 11 is 0. The lowest BCUT2D eigenvalue weighted by molar-refractivity contribution is -0.137. The first-order valence-corrected chi connectivity index (χ1v) is 9.92. The van der Waals surface area contributed by atoms with Crippen LogP contribution in [0.2, 0.25) is 0 Å². The molecule has 0 heterocycles. The summed E-state index contributed by atoms with van der Waals surface area (Å²) in [5.41, 5.74) is 1.59. The van der Waals surface area contributed by atoms with Crippen LogP contribution in [-0.2, 0) is 14.8 Å². The van der Waals surface area contributed by atoms with Gasteiger partial charge >= 0.3 is 5.97 Å². The molecule has 0 aromatic heterocycles. The summed E-state index contributed by atoms with van der Waals surface area (Å²) in [6.07, 6.45) is -0.146. The predicted molar refractivity (Wildman–Crippen MR) is 102 cm³/mol. The molecule has 0 saturated carbocycles. The zero-order chi connectivity index (χ0) is 20.0. The predicted octanol–water partition coefficient (Wildman–Crippen LogP) is 2.73. The molecule has 2 N–H and O–H groups in total. The van der Waals surface area contributed by atoms with Crippen LogP contribution in [0.4, 0.5) is 5.69 Å². The summed E-state index contributed by atoms with van der Waals surface area (Å²) in [5.74, 6) is -1.32. The Morgan fingerprint density at radius 2 is 1.70 bits per heavy atom. The largest absolute Gasteiger partial charge is 0.481 e. The molecule has 8 heteroatoms. The maximum Gasteiger partial charge on any atom is 0.305 e. The van der Waals surface area contributed by atoms with Gasteiger partial charge in [-0.1, -0.05) is 18.2 Å². The number of hydrogen-bond acceptors (Lipinski definition) is 4. The molecular formula is C19H22N2O5S. The van der Waals surface area contributed by atoms with E-state index < -0.39 is 16.0 Å². The van der Waals surface area contributed by atoms with Crippen molar-refractivity contribution in [2.45, 2.75) is 25.2 Å². The van der Waals surface area contributed by atoms with E-state index in [1.165, 1.54) is 29.2 Å². The van der Waals surface area contributed by atoms with Gasteiger partial charge < -0.3 is 10.0 Å². The number of sulfonamides is 1. The van der Waals surface area contributed by atoms with Crippen LogP contribution in [0.5, 0.6) is 0 Å². The maximum absolute atomic E-state index is 12.5. The van der Waals surface area contributed by atoms with Gasteiger partial charge in [0.25, 0.3) is 15.9 Å². The highest BCUT2D eigenvalue weighted by Gasteiger charge is 2.18. The Morgan fingerprint density at radius 1 is 1.07 bits per heavy atom. The number of carboxylic acid groups (broad SMARTS) is 1. The number of para-hydroxylation sites is 1. The second kappa shape index (κ2) is 8.68. The van der Waals surface area contributed by atoms with Gasteiger partial charge in [-0.2, -0.15) is 0 Å². The van der Waals surface area contributed by atoms with Gasteiger partial charge in [0.1, 0.15) is 0 Å². The molecule has 0 aliphatic carbocycles. The fraction of sp³-hybridized carbons (Fsp3) is 0.263. The van der Waals surface area contributed by atoms with Crippen molar-refractivity contribution >= 4 is 27.6 Å². The summed E-state index contributed by atoms with van der Waals surface area (Å²) in [7, 11) is -3.78. The fourth-order valence-electron chi connectivity index (χ4n) is 2.48. The standard InChI is InChI=1S/C19H22N2O5S/c1-3-21(13-12-18(22)23)19(24)15-8-10-16(11-9-15)27(25,26)20-17-7-5-4-6-14(17)2/h4-11,20H,3,12-13H2,1-2H3,(H,22,23). The SMILES string of the molecule is CCN(CCC(=O)O)C(=O)c1ccc(S(=O)(=O)Nc2ccccc2C)cc1. The topological polar surface area (TPSA) is 104 Å². The smallest absolute Gasteiger partial charge is 0.305 e.